The van der Waals surface area contributed by atoms with E-state index in [1.807, 2.05) is 23.9 Å². The second kappa shape index (κ2) is 3.62. The Kier molecular flexibility index (Phi) is 2.31. The van der Waals surface area contributed by atoms with E-state index in [0.29, 0.717) is 6.54 Å². The van der Waals surface area contributed by atoms with Crippen LogP contribution in [0.25, 0.3) is 0 Å². The van der Waals surface area contributed by atoms with E-state index >= 15 is 0 Å². The normalized spacial score (nSPS) is 10.4. The van der Waals surface area contributed by atoms with Gasteiger partial charge in [0.1, 0.15) is 5.82 Å². The van der Waals surface area contributed by atoms with Gasteiger partial charge in [0, 0.05) is 12.4 Å². The summed E-state index contributed by atoms with van der Waals surface area (Å²) in [6.45, 7) is 2.60. The zero-order valence-corrected chi connectivity index (χ0v) is 7.94. The lowest BCUT2D eigenvalue weighted by molar-refractivity contribution is 0.622. The second-order valence-corrected chi connectivity index (χ2v) is 3.27. The van der Waals surface area contributed by atoms with Crippen molar-refractivity contribution in [2.75, 3.05) is 0 Å². The van der Waals surface area contributed by atoms with E-state index in [-0.39, 0.29) is 5.82 Å². The Morgan fingerprint density at radius 3 is 2.93 bits per heavy atom. The van der Waals surface area contributed by atoms with E-state index in [1.54, 1.807) is 18.3 Å². The van der Waals surface area contributed by atoms with E-state index < -0.39 is 0 Å². The van der Waals surface area contributed by atoms with Crippen molar-refractivity contribution >= 4 is 0 Å². The molecule has 0 bridgehead atoms. The second-order valence-electron chi connectivity index (χ2n) is 3.27. The van der Waals surface area contributed by atoms with Crippen molar-refractivity contribution in [2.24, 2.45) is 0 Å². The van der Waals surface area contributed by atoms with E-state index in [0.717, 1.165) is 11.1 Å². The number of halogens is 1. The fraction of sp³-hybridized carbons (Fsp3) is 0.182. The molecule has 0 spiro atoms. The van der Waals surface area contributed by atoms with Gasteiger partial charge in [-0.15, -0.1) is 0 Å². The molecule has 2 nitrogen and oxygen atoms in total. The lowest BCUT2D eigenvalue weighted by Crippen LogP contribution is -2.01. The molecule has 0 atom stereocenters. The van der Waals surface area contributed by atoms with Gasteiger partial charge in [-0.2, -0.15) is 5.10 Å². The van der Waals surface area contributed by atoms with Crippen LogP contribution in [0.2, 0.25) is 0 Å². The minimum absolute atomic E-state index is 0.188. The predicted octanol–water partition coefficient (Wildman–Crippen LogP) is 2.38. The van der Waals surface area contributed by atoms with Crippen LogP contribution < -0.4 is 0 Å². The fourth-order valence-electron chi connectivity index (χ4n) is 1.41. The maximum atomic E-state index is 12.8. The summed E-state index contributed by atoms with van der Waals surface area (Å²) in [7, 11) is 0. The van der Waals surface area contributed by atoms with E-state index in [1.165, 1.54) is 6.07 Å². The summed E-state index contributed by atoms with van der Waals surface area (Å²) in [4.78, 5) is 0. The molecular formula is C11H11FN2. The maximum absolute atomic E-state index is 12.8. The van der Waals surface area contributed by atoms with Crippen molar-refractivity contribution in [3.05, 3.63) is 53.6 Å². The van der Waals surface area contributed by atoms with Crippen LogP contribution in [0.4, 0.5) is 4.39 Å². The first-order valence-corrected chi connectivity index (χ1v) is 4.48. The largest absolute Gasteiger partial charge is 0.268 e. The van der Waals surface area contributed by atoms with Crippen LogP contribution in [0.1, 0.15) is 11.1 Å². The molecular weight excluding hydrogens is 179 g/mol. The highest BCUT2D eigenvalue weighted by molar-refractivity contribution is 5.26. The molecule has 0 aliphatic heterocycles. The molecule has 0 unspecified atom stereocenters. The molecule has 1 heterocycles. The van der Waals surface area contributed by atoms with Gasteiger partial charge in [0.25, 0.3) is 0 Å². The van der Waals surface area contributed by atoms with Crippen LogP contribution in [0.15, 0.2) is 36.7 Å². The minimum atomic E-state index is -0.188. The zero-order valence-electron chi connectivity index (χ0n) is 7.94. The molecule has 0 aliphatic rings. The summed E-state index contributed by atoms with van der Waals surface area (Å²) in [5.41, 5.74) is 2.05. The molecule has 2 rings (SSSR count). The third kappa shape index (κ3) is 1.82. The zero-order chi connectivity index (χ0) is 9.97. The van der Waals surface area contributed by atoms with Crippen LogP contribution >= 0.6 is 0 Å². The first kappa shape index (κ1) is 8.94. The number of aromatic nitrogens is 2. The number of aryl methyl sites for hydroxylation is 1. The molecule has 3 heteroatoms. The van der Waals surface area contributed by atoms with Crippen molar-refractivity contribution in [1.82, 2.24) is 9.78 Å². The summed E-state index contributed by atoms with van der Waals surface area (Å²) < 4.78 is 14.6. The smallest absolute Gasteiger partial charge is 0.123 e. The van der Waals surface area contributed by atoms with Crippen molar-refractivity contribution in [2.45, 2.75) is 13.5 Å². The van der Waals surface area contributed by atoms with Gasteiger partial charge in [-0.05, 0) is 36.2 Å². The molecule has 0 saturated heterocycles. The summed E-state index contributed by atoms with van der Waals surface area (Å²) >= 11 is 0. The van der Waals surface area contributed by atoms with E-state index in [4.69, 9.17) is 0 Å². The summed E-state index contributed by atoms with van der Waals surface area (Å²) in [6.07, 6.45) is 3.63. The molecule has 1 aromatic carbocycles. The van der Waals surface area contributed by atoms with Gasteiger partial charge < -0.3 is 0 Å². The molecule has 0 N–H and O–H groups in total. The monoisotopic (exact) mass is 190 g/mol. The number of benzene rings is 1. The van der Waals surface area contributed by atoms with Gasteiger partial charge in [-0.1, -0.05) is 6.07 Å². The molecule has 1 aromatic heterocycles. The highest BCUT2D eigenvalue weighted by atomic mass is 19.1. The molecule has 0 radical (unpaired) electrons. The van der Waals surface area contributed by atoms with Gasteiger partial charge in [-0.3, -0.25) is 4.68 Å². The summed E-state index contributed by atoms with van der Waals surface area (Å²) in [5, 5.41) is 4.10. The highest BCUT2D eigenvalue weighted by Gasteiger charge is 2.00. The Labute approximate surface area is 82.0 Å². The number of rotatable bonds is 2. The SMILES string of the molecule is Cc1cc(F)ccc1Cn1cccn1. The van der Waals surface area contributed by atoms with Crippen molar-refractivity contribution in [3.63, 3.8) is 0 Å². The van der Waals surface area contributed by atoms with Crippen molar-refractivity contribution in [1.29, 1.82) is 0 Å². The highest BCUT2D eigenvalue weighted by Crippen LogP contribution is 2.11. The van der Waals surface area contributed by atoms with Crippen molar-refractivity contribution < 1.29 is 4.39 Å². The van der Waals surface area contributed by atoms with Crippen LogP contribution in [-0.2, 0) is 6.54 Å². The molecule has 0 fully saturated rings. The first-order chi connectivity index (χ1) is 6.75. The maximum Gasteiger partial charge on any atom is 0.123 e. The Bertz CT molecular complexity index is 421. The molecule has 0 amide bonds. The third-order valence-corrected chi connectivity index (χ3v) is 2.20. The molecule has 2 aromatic rings. The van der Waals surface area contributed by atoms with E-state index in [9.17, 15) is 4.39 Å². The van der Waals surface area contributed by atoms with Gasteiger partial charge in [0.05, 0.1) is 6.54 Å². The van der Waals surface area contributed by atoms with Crippen molar-refractivity contribution in [3.8, 4) is 0 Å². The van der Waals surface area contributed by atoms with Crippen LogP contribution in [0.3, 0.4) is 0 Å². The topological polar surface area (TPSA) is 17.8 Å². The lowest BCUT2D eigenvalue weighted by Gasteiger charge is -2.05. The van der Waals surface area contributed by atoms with Crippen LogP contribution in [0.5, 0.6) is 0 Å². The van der Waals surface area contributed by atoms with Crippen LogP contribution in [0, 0.1) is 12.7 Å². The Balaban J connectivity index is 2.25. The predicted molar refractivity (Wildman–Crippen MR) is 52.5 cm³/mol. The molecule has 0 saturated carbocycles. The van der Waals surface area contributed by atoms with Gasteiger partial charge in [0.15, 0.2) is 0 Å². The van der Waals surface area contributed by atoms with Gasteiger partial charge in [-0.25, -0.2) is 4.39 Å². The van der Waals surface area contributed by atoms with Gasteiger partial charge in [0.2, 0.25) is 0 Å². The lowest BCUT2D eigenvalue weighted by atomic mass is 10.1. The quantitative estimate of drug-likeness (QED) is 0.711. The Morgan fingerprint density at radius 1 is 1.43 bits per heavy atom. The number of hydrogen-bond donors (Lipinski definition) is 0. The minimum Gasteiger partial charge on any atom is -0.268 e. The average molecular weight is 190 g/mol. The number of nitrogens with zero attached hydrogens (tertiary/aromatic N) is 2. The number of hydrogen-bond acceptors (Lipinski definition) is 1. The fourth-order valence-corrected chi connectivity index (χ4v) is 1.41. The Morgan fingerprint density at radius 2 is 2.29 bits per heavy atom. The first-order valence-electron chi connectivity index (χ1n) is 4.48. The Hall–Kier alpha value is -1.64. The van der Waals surface area contributed by atoms with Gasteiger partial charge >= 0.3 is 0 Å². The third-order valence-electron chi connectivity index (χ3n) is 2.20. The molecule has 0 aliphatic carbocycles. The van der Waals surface area contributed by atoms with Crippen LogP contribution in [-0.4, -0.2) is 9.78 Å². The summed E-state index contributed by atoms with van der Waals surface area (Å²) in [6, 6.07) is 6.69. The summed E-state index contributed by atoms with van der Waals surface area (Å²) in [5.74, 6) is -0.188. The molecule has 72 valence electrons. The molecule has 14 heavy (non-hydrogen) atoms. The standard InChI is InChI=1S/C11H11FN2/c1-9-7-11(12)4-3-10(9)8-14-6-2-5-13-14/h2-7H,8H2,1H3. The van der Waals surface area contributed by atoms with E-state index in [2.05, 4.69) is 5.10 Å². The average Bonchev–Trinajstić information content (AvgIpc) is 2.62.